The van der Waals surface area contributed by atoms with Crippen molar-refractivity contribution in [1.29, 1.82) is 0 Å². The van der Waals surface area contributed by atoms with Gasteiger partial charge in [-0.2, -0.15) is 0 Å². The normalized spacial score (nSPS) is 15.9. The van der Waals surface area contributed by atoms with Crippen molar-refractivity contribution in [2.45, 2.75) is 59.0 Å². The van der Waals surface area contributed by atoms with Crippen molar-refractivity contribution in [2.75, 3.05) is 20.1 Å². The van der Waals surface area contributed by atoms with Crippen molar-refractivity contribution in [3.63, 3.8) is 0 Å². The molecule has 7 nitrogen and oxygen atoms in total. The van der Waals surface area contributed by atoms with E-state index in [2.05, 4.69) is 27.5 Å². The number of nitrogens with one attached hydrogen (secondary N) is 2. The number of carbonyl (C=O) groups is 1. The molecule has 0 spiro atoms. The number of hydrogen-bond donors (Lipinski definition) is 2. The number of aliphatic imine (C=N–C) groups is 1. The lowest BCUT2D eigenvalue weighted by Crippen LogP contribution is -2.41. The minimum absolute atomic E-state index is 0. The van der Waals surface area contributed by atoms with Crippen LogP contribution in [0.15, 0.2) is 9.41 Å². The Morgan fingerprint density at radius 2 is 2.16 bits per heavy atom. The fraction of sp³-hybridized carbons (Fsp3) is 0.706. The first-order valence-corrected chi connectivity index (χ1v) is 8.72. The summed E-state index contributed by atoms with van der Waals surface area (Å²) in [6, 6.07) is 0.308. The third-order valence-corrected chi connectivity index (χ3v) is 4.50. The molecule has 1 aromatic heterocycles. The molecule has 0 radical (unpaired) electrons. The minimum atomic E-state index is 0. The molecule has 1 unspecified atom stereocenters. The summed E-state index contributed by atoms with van der Waals surface area (Å²) in [5, 5.41) is 6.49. The molecule has 1 aliphatic heterocycles. The van der Waals surface area contributed by atoms with Crippen molar-refractivity contribution >= 4 is 35.8 Å². The van der Waals surface area contributed by atoms with Crippen LogP contribution in [0.25, 0.3) is 0 Å². The van der Waals surface area contributed by atoms with Crippen molar-refractivity contribution in [3.8, 4) is 0 Å². The van der Waals surface area contributed by atoms with E-state index in [1.165, 1.54) is 0 Å². The monoisotopic (exact) mass is 463 g/mol. The zero-order valence-corrected chi connectivity index (χ0v) is 17.9. The molecule has 8 heteroatoms. The van der Waals surface area contributed by atoms with Gasteiger partial charge >= 0.3 is 0 Å². The molecular weight excluding hydrogens is 433 g/mol. The average Bonchev–Trinajstić information content (AvgIpc) is 3.13. The molecule has 2 rings (SSSR count). The molecule has 2 N–H and O–H groups in total. The molecule has 0 aliphatic carbocycles. The Balaban J connectivity index is 0.00000312. The standard InChI is InChI=1S/C17H29N5O2.HI/c1-5-14(22-10-6-7-16(22)23)8-9-19-17(18-4)20-11-15-21-12(2)13(3)24-15;/h14H,5-11H2,1-4H3,(H2,18,19,20);1H. The molecular formula is C17H30IN5O2. The zero-order valence-electron chi connectivity index (χ0n) is 15.6. The highest BCUT2D eigenvalue weighted by atomic mass is 127. The van der Waals surface area contributed by atoms with Gasteiger partial charge in [0.15, 0.2) is 5.96 Å². The SMILES string of the molecule is CCC(CCNC(=NC)NCc1nc(C)c(C)o1)N1CCCC1=O.I. The summed E-state index contributed by atoms with van der Waals surface area (Å²) in [5.41, 5.74) is 0.913. The predicted molar refractivity (Wildman–Crippen MR) is 109 cm³/mol. The molecule has 25 heavy (non-hydrogen) atoms. The van der Waals surface area contributed by atoms with Crippen LogP contribution in [0, 0.1) is 13.8 Å². The van der Waals surface area contributed by atoms with E-state index in [0.29, 0.717) is 36.8 Å². The lowest BCUT2D eigenvalue weighted by molar-refractivity contribution is -0.129. The number of hydrogen-bond acceptors (Lipinski definition) is 4. The third kappa shape index (κ3) is 6.16. The predicted octanol–water partition coefficient (Wildman–Crippen LogP) is 2.37. The summed E-state index contributed by atoms with van der Waals surface area (Å²) in [5.74, 6) is 2.50. The summed E-state index contributed by atoms with van der Waals surface area (Å²) in [4.78, 5) is 22.4. The van der Waals surface area contributed by atoms with Crippen molar-refractivity contribution in [3.05, 3.63) is 17.3 Å². The van der Waals surface area contributed by atoms with E-state index in [4.69, 9.17) is 4.42 Å². The second-order valence-electron chi connectivity index (χ2n) is 6.14. The van der Waals surface area contributed by atoms with E-state index >= 15 is 0 Å². The van der Waals surface area contributed by atoms with Crippen LogP contribution in [-0.2, 0) is 11.3 Å². The van der Waals surface area contributed by atoms with Crippen LogP contribution in [-0.4, -0.2) is 47.9 Å². The van der Waals surface area contributed by atoms with Crippen molar-refractivity contribution < 1.29 is 9.21 Å². The van der Waals surface area contributed by atoms with E-state index in [1.807, 2.05) is 18.7 Å². The number of rotatable bonds is 7. The Labute approximate surface area is 167 Å². The Hall–Kier alpha value is -1.32. The molecule has 1 atom stereocenters. The van der Waals surface area contributed by atoms with Gasteiger partial charge in [0.05, 0.1) is 12.2 Å². The lowest BCUT2D eigenvalue weighted by atomic mass is 10.1. The highest BCUT2D eigenvalue weighted by Crippen LogP contribution is 2.17. The summed E-state index contributed by atoms with van der Waals surface area (Å²) in [6.07, 6.45) is 3.58. The van der Waals surface area contributed by atoms with Gasteiger partial charge in [-0.3, -0.25) is 9.79 Å². The smallest absolute Gasteiger partial charge is 0.222 e. The molecule has 0 aromatic carbocycles. The number of amides is 1. The van der Waals surface area contributed by atoms with Crippen LogP contribution < -0.4 is 10.6 Å². The molecule has 1 amide bonds. The molecule has 1 fully saturated rings. The topological polar surface area (TPSA) is 82.8 Å². The van der Waals surface area contributed by atoms with Crippen molar-refractivity contribution in [2.24, 2.45) is 4.99 Å². The highest BCUT2D eigenvalue weighted by molar-refractivity contribution is 14.0. The molecule has 0 saturated carbocycles. The third-order valence-electron chi connectivity index (χ3n) is 4.50. The number of aryl methyl sites for hydroxylation is 2. The Morgan fingerprint density at radius 1 is 1.40 bits per heavy atom. The van der Waals surface area contributed by atoms with Gasteiger partial charge in [0.25, 0.3) is 0 Å². The first kappa shape index (κ1) is 21.7. The van der Waals surface area contributed by atoms with Crippen LogP contribution in [0.4, 0.5) is 0 Å². The Bertz CT molecular complexity index is 568. The van der Waals surface area contributed by atoms with Gasteiger partial charge in [-0.1, -0.05) is 6.92 Å². The van der Waals surface area contributed by atoms with E-state index in [9.17, 15) is 4.79 Å². The largest absolute Gasteiger partial charge is 0.444 e. The maximum absolute atomic E-state index is 11.9. The van der Waals surface area contributed by atoms with E-state index in [0.717, 1.165) is 43.8 Å². The van der Waals surface area contributed by atoms with Crippen LogP contribution >= 0.6 is 24.0 Å². The summed E-state index contributed by atoms with van der Waals surface area (Å²) >= 11 is 0. The second-order valence-corrected chi connectivity index (χ2v) is 6.14. The maximum Gasteiger partial charge on any atom is 0.222 e. The van der Waals surface area contributed by atoms with Crippen LogP contribution in [0.2, 0.25) is 0 Å². The molecule has 1 aliphatic rings. The maximum atomic E-state index is 11.9. The van der Waals surface area contributed by atoms with E-state index in [-0.39, 0.29) is 24.0 Å². The average molecular weight is 463 g/mol. The second kappa shape index (κ2) is 10.6. The number of nitrogens with zero attached hydrogens (tertiary/aromatic N) is 3. The minimum Gasteiger partial charge on any atom is -0.444 e. The van der Waals surface area contributed by atoms with Gasteiger partial charge in [-0.15, -0.1) is 24.0 Å². The summed E-state index contributed by atoms with van der Waals surface area (Å²) in [6.45, 7) is 8.13. The van der Waals surface area contributed by atoms with Crippen LogP contribution in [0.3, 0.4) is 0 Å². The van der Waals surface area contributed by atoms with Gasteiger partial charge in [-0.05, 0) is 33.1 Å². The van der Waals surface area contributed by atoms with Crippen molar-refractivity contribution in [1.82, 2.24) is 20.5 Å². The molecule has 1 saturated heterocycles. The number of oxazole rings is 1. The molecule has 2 heterocycles. The number of guanidine groups is 1. The van der Waals surface area contributed by atoms with Crippen LogP contribution in [0.1, 0.15) is 50.0 Å². The zero-order chi connectivity index (χ0) is 17.5. The van der Waals surface area contributed by atoms with Gasteiger partial charge in [-0.25, -0.2) is 4.98 Å². The quantitative estimate of drug-likeness (QED) is 0.369. The Morgan fingerprint density at radius 3 is 2.68 bits per heavy atom. The number of aromatic nitrogens is 1. The van der Waals surface area contributed by atoms with E-state index in [1.54, 1.807) is 7.05 Å². The first-order chi connectivity index (χ1) is 11.5. The van der Waals surface area contributed by atoms with Gasteiger partial charge < -0.3 is 20.0 Å². The molecule has 0 bridgehead atoms. The molecule has 142 valence electrons. The number of carbonyl (C=O) groups excluding carboxylic acids is 1. The highest BCUT2D eigenvalue weighted by Gasteiger charge is 2.26. The van der Waals surface area contributed by atoms with E-state index < -0.39 is 0 Å². The fourth-order valence-corrected chi connectivity index (χ4v) is 2.99. The Kier molecular flexibility index (Phi) is 9.23. The first-order valence-electron chi connectivity index (χ1n) is 8.72. The lowest BCUT2D eigenvalue weighted by Gasteiger charge is -2.27. The van der Waals surface area contributed by atoms with Gasteiger partial charge in [0, 0.05) is 32.6 Å². The van der Waals surface area contributed by atoms with Gasteiger partial charge in [0.2, 0.25) is 11.8 Å². The summed E-state index contributed by atoms with van der Waals surface area (Å²) < 4.78 is 5.55. The number of likely N-dealkylation sites (tertiary alicyclic amines) is 1. The summed E-state index contributed by atoms with van der Waals surface area (Å²) in [7, 11) is 1.74. The van der Waals surface area contributed by atoms with Crippen LogP contribution in [0.5, 0.6) is 0 Å². The van der Waals surface area contributed by atoms with Gasteiger partial charge in [0.1, 0.15) is 5.76 Å². The fourth-order valence-electron chi connectivity index (χ4n) is 2.99. The molecule has 1 aromatic rings. The number of halogens is 1.